The van der Waals surface area contributed by atoms with Gasteiger partial charge in [0.2, 0.25) is 0 Å². The van der Waals surface area contributed by atoms with Crippen molar-refractivity contribution in [2.75, 3.05) is 36.0 Å². The average molecular weight is 315 g/mol. The summed E-state index contributed by atoms with van der Waals surface area (Å²) in [4.78, 5) is 16.9. The summed E-state index contributed by atoms with van der Waals surface area (Å²) in [6.07, 6.45) is 0. The van der Waals surface area contributed by atoms with Gasteiger partial charge in [-0.05, 0) is 30.3 Å². The number of amides is 1. The number of halogens is 1. The Morgan fingerprint density at radius 2 is 1.95 bits per heavy atom. The Kier molecular flexibility index (Phi) is 3.19. The maximum Gasteiger partial charge on any atom is 0.258 e. The maximum atomic E-state index is 12.8. The zero-order valence-electron chi connectivity index (χ0n) is 12.0. The van der Waals surface area contributed by atoms with Crippen LogP contribution in [0.3, 0.4) is 0 Å². The van der Waals surface area contributed by atoms with Gasteiger partial charge in [0.1, 0.15) is 18.0 Å². The molecule has 2 aliphatic rings. The van der Waals surface area contributed by atoms with Crippen LogP contribution in [0.5, 0.6) is 5.75 Å². The summed E-state index contributed by atoms with van der Waals surface area (Å²) in [7, 11) is 0. The van der Waals surface area contributed by atoms with Gasteiger partial charge in [-0.3, -0.25) is 4.79 Å². The van der Waals surface area contributed by atoms with Crippen LogP contribution in [0, 0.1) is 0 Å². The van der Waals surface area contributed by atoms with Gasteiger partial charge in [0, 0.05) is 23.7 Å². The Morgan fingerprint density at radius 3 is 2.82 bits per heavy atom. The molecule has 0 unspecified atom stereocenters. The Balaban J connectivity index is 1.76. The molecule has 4 rings (SSSR count). The van der Waals surface area contributed by atoms with Crippen LogP contribution in [0.25, 0.3) is 0 Å². The van der Waals surface area contributed by atoms with Gasteiger partial charge in [0.15, 0.2) is 0 Å². The van der Waals surface area contributed by atoms with E-state index in [1.54, 1.807) is 24.3 Å². The zero-order chi connectivity index (χ0) is 15.1. The molecule has 0 saturated heterocycles. The fraction of sp³-hybridized carbons (Fsp3) is 0.235. The van der Waals surface area contributed by atoms with E-state index in [2.05, 4.69) is 4.90 Å². The minimum atomic E-state index is -0.0267. The highest BCUT2D eigenvalue weighted by molar-refractivity contribution is 6.31. The first-order chi connectivity index (χ1) is 10.7. The van der Waals surface area contributed by atoms with Crippen molar-refractivity contribution in [3.05, 3.63) is 53.1 Å². The van der Waals surface area contributed by atoms with Crippen molar-refractivity contribution in [2.45, 2.75) is 0 Å². The summed E-state index contributed by atoms with van der Waals surface area (Å²) in [6, 6.07) is 12.9. The number of carbonyl (C=O) groups is 1. The second-order valence-electron chi connectivity index (χ2n) is 5.43. The maximum absolute atomic E-state index is 12.8. The molecule has 4 nitrogen and oxygen atoms in total. The van der Waals surface area contributed by atoms with Crippen molar-refractivity contribution >= 4 is 28.9 Å². The summed E-state index contributed by atoms with van der Waals surface area (Å²) in [6.45, 7) is 3.05. The Bertz CT molecular complexity index is 747. The topological polar surface area (TPSA) is 32.8 Å². The van der Waals surface area contributed by atoms with E-state index in [0.29, 0.717) is 23.7 Å². The standard InChI is InChI=1S/C17H15ClN2O2/c18-13-4-1-3-12(11-13)17(21)20-8-7-19-9-10-22-15-6-2-5-14(20)16(15)19/h1-6,11H,7-10H2. The number of hydrogen-bond donors (Lipinski definition) is 0. The minimum Gasteiger partial charge on any atom is -0.489 e. The molecule has 22 heavy (non-hydrogen) atoms. The summed E-state index contributed by atoms with van der Waals surface area (Å²) in [5.41, 5.74) is 2.54. The van der Waals surface area contributed by atoms with Crippen molar-refractivity contribution in [1.82, 2.24) is 0 Å². The molecule has 0 aromatic heterocycles. The lowest BCUT2D eigenvalue weighted by Crippen LogP contribution is -2.47. The molecule has 0 bridgehead atoms. The highest BCUT2D eigenvalue weighted by Gasteiger charge is 2.31. The summed E-state index contributed by atoms with van der Waals surface area (Å²) < 4.78 is 5.72. The second kappa shape index (κ2) is 5.21. The van der Waals surface area contributed by atoms with Crippen molar-refractivity contribution in [3.8, 4) is 5.75 Å². The summed E-state index contributed by atoms with van der Waals surface area (Å²) >= 11 is 6.01. The van der Waals surface area contributed by atoms with Gasteiger partial charge < -0.3 is 14.5 Å². The number of hydrogen-bond acceptors (Lipinski definition) is 3. The second-order valence-corrected chi connectivity index (χ2v) is 5.86. The molecule has 2 heterocycles. The number of ether oxygens (including phenoxy) is 1. The molecular formula is C17H15ClN2O2. The fourth-order valence-corrected chi connectivity index (χ4v) is 3.28. The predicted octanol–water partition coefficient (Wildman–Crippen LogP) is 3.20. The fourth-order valence-electron chi connectivity index (χ4n) is 3.09. The van der Waals surface area contributed by atoms with Gasteiger partial charge in [0.25, 0.3) is 5.91 Å². The van der Waals surface area contributed by atoms with Crippen LogP contribution in [0.1, 0.15) is 10.4 Å². The molecule has 0 spiro atoms. The molecule has 0 atom stereocenters. The predicted molar refractivity (Wildman–Crippen MR) is 87.3 cm³/mol. The van der Waals surface area contributed by atoms with E-state index in [9.17, 15) is 4.79 Å². The third-order valence-electron chi connectivity index (χ3n) is 4.11. The first-order valence-corrected chi connectivity index (χ1v) is 7.70. The number of anilines is 2. The van der Waals surface area contributed by atoms with Gasteiger partial charge in [-0.15, -0.1) is 0 Å². The van der Waals surface area contributed by atoms with Gasteiger partial charge in [-0.1, -0.05) is 23.7 Å². The third-order valence-corrected chi connectivity index (χ3v) is 4.35. The van der Waals surface area contributed by atoms with Gasteiger partial charge in [0.05, 0.1) is 12.2 Å². The van der Waals surface area contributed by atoms with Gasteiger partial charge in [-0.25, -0.2) is 0 Å². The van der Waals surface area contributed by atoms with Gasteiger partial charge in [-0.2, -0.15) is 0 Å². The van der Waals surface area contributed by atoms with Gasteiger partial charge >= 0.3 is 0 Å². The van der Waals surface area contributed by atoms with Crippen LogP contribution in [-0.2, 0) is 0 Å². The lowest BCUT2D eigenvalue weighted by atomic mass is 10.1. The number of carbonyl (C=O) groups excluding carboxylic acids is 1. The van der Waals surface area contributed by atoms with Crippen molar-refractivity contribution in [2.24, 2.45) is 0 Å². The Hall–Kier alpha value is -2.20. The molecule has 2 aromatic rings. The SMILES string of the molecule is O=C(c1cccc(Cl)c1)N1CCN2CCOc3cccc1c32. The van der Waals surface area contributed by atoms with Crippen LogP contribution in [0.15, 0.2) is 42.5 Å². The molecule has 1 amide bonds. The Morgan fingerprint density at radius 1 is 1.09 bits per heavy atom. The van der Waals surface area contributed by atoms with E-state index in [-0.39, 0.29) is 5.91 Å². The zero-order valence-corrected chi connectivity index (χ0v) is 12.7. The lowest BCUT2D eigenvalue weighted by molar-refractivity contribution is 0.0986. The van der Waals surface area contributed by atoms with Crippen molar-refractivity contribution < 1.29 is 9.53 Å². The molecule has 0 aliphatic carbocycles. The van der Waals surface area contributed by atoms with E-state index in [1.807, 2.05) is 23.1 Å². The van der Waals surface area contributed by atoms with Crippen LogP contribution in [0.4, 0.5) is 11.4 Å². The molecule has 112 valence electrons. The number of rotatable bonds is 1. The molecule has 0 radical (unpaired) electrons. The number of benzene rings is 2. The molecule has 0 saturated carbocycles. The molecule has 5 heteroatoms. The minimum absolute atomic E-state index is 0.0267. The molecule has 0 N–H and O–H groups in total. The smallest absolute Gasteiger partial charge is 0.258 e. The quantitative estimate of drug-likeness (QED) is 0.810. The monoisotopic (exact) mass is 314 g/mol. The normalized spacial score (nSPS) is 16.0. The molecule has 2 aliphatic heterocycles. The van der Waals surface area contributed by atoms with E-state index >= 15 is 0 Å². The van der Waals surface area contributed by atoms with Crippen molar-refractivity contribution in [3.63, 3.8) is 0 Å². The van der Waals surface area contributed by atoms with Crippen LogP contribution in [0.2, 0.25) is 5.02 Å². The van der Waals surface area contributed by atoms with E-state index < -0.39 is 0 Å². The molecule has 2 aromatic carbocycles. The van der Waals surface area contributed by atoms with Crippen LogP contribution in [-0.4, -0.2) is 32.1 Å². The summed E-state index contributed by atoms with van der Waals surface area (Å²) in [5, 5.41) is 0.572. The first-order valence-electron chi connectivity index (χ1n) is 7.32. The average Bonchev–Trinajstić information content (AvgIpc) is 2.55. The van der Waals surface area contributed by atoms with E-state index in [4.69, 9.17) is 16.3 Å². The highest BCUT2D eigenvalue weighted by Crippen LogP contribution is 2.43. The largest absolute Gasteiger partial charge is 0.489 e. The number of nitrogens with zero attached hydrogens (tertiary/aromatic N) is 2. The van der Waals surface area contributed by atoms with Crippen molar-refractivity contribution in [1.29, 1.82) is 0 Å². The highest BCUT2D eigenvalue weighted by atomic mass is 35.5. The van der Waals surface area contributed by atoms with E-state index in [1.165, 1.54) is 0 Å². The van der Waals surface area contributed by atoms with Crippen LogP contribution < -0.4 is 14.5 Å². The third kappa shape index (κ3) is 2.11. The first kappa shape index (κ1) is 13.5. The lowest BCUT2D eigenvalue weighted by Gasteiger charge is -2.41. The molecule has 0 fully saturated rings. The molecular weight excluding hydrogens is 300 g/mol. The van der Waals surface area contributed by atoms with E-state index in [0.717, 1.165) is 30.2 Å². The Labute approximate surface area is 133 Å². The summed E-state index contributed by atoms with van der Waals surface area (Å²) in [5.74, 6) is 0.827. The van der Waals surface area contributed by atoms with Crippen LogP contribution >= 0.6 is 11.6 Å². The number of para-hydroxylation sites is 1.